The van der Waals surface area contributed by atoms with Gasteiger partial charge in [-0.3, -0.25) is 10.1 Å². The van der Waals surface area contributed by atoms with Gasteiger partial charge < -0.3 is 5.73 Å². The van der Waals surface area contributed by atoms with E-state index in [1.54, 1.807) is 6.20 Å². The van der Waals surface area contributed by atoms with Gasteiger partial charge in [0.2, 0.25) is 0 Å². The number of halogens is 1. The Balaban J connectivity index is 1.60. The number of hydrogen-bond acceptors (Lipinski definition) is 4. The van der Waals surface area contributed by atoms with E-state index < -0.39 is 0 Å². The molecule has 0 unspecified atom stereocenters. The van der Waals surface area contributed by atoms with Gasteiger partial charge in [0.05, 0.1) is 12.3 Å². The lowest BCUT2D eigenvalue weighted by atomic mass is 9.75. The van der Waals surface area contributed by atoms with Crippen molar-refractivity contribution in [3.63, 3.8) is 0 Å². The maximum absolute atomic E-state index is 8.65. The van der Waals surface area contributed by atoms with Crippen molar-refractivity contribution in [2.45, 2.75) is 39.7 Å². The van der Waals surface area contributed by atoms with Crippen LogP contribution in [0.2, 0.25) is 5.02 Å². The van der Waals surface area contributed by atoms with Crippen molar-refractivity contribution >= 4 is 28.3 Å². The van der Waals surface area contributed by atoms with Gasteiger partial charge >= 0.3 is 0 Å². The van der Waals surface area contributed by atoms with Gasteiger partial charge in [0.1, 0.15) is 0 Å². The van der Waals surface area contributed by atoms with E-state index in [1.807, 2.05) is 41.2 Å². The number of nitrogens with two attached hydrogens (primary N) is 1. The summed E-state index contributed by atoms with van der Waals surface area (Å²) in [5, 5.41) is 14.8. The molecule has 3 N–H and O–H groups in total. The Bertz CT molecular complexity index is 1090. The monoisotopic (exact) mass is 393 g/mol. The molecular formula is C22H24ClN5. The molecule has 144 valence electrons. The topological polar surface area (TPSA) is 80.6 Å². The third-order valence-corrected chi connectivity index (χ3v) is 5.57. The standard InChI is InChI=1S/C22H24ClN5/c1-22(2)7-6-18(19(24)10-22)20(25)15-9-16-13-28(27-21(16)26-11-15)12-14-4-3-5-17(23)8-14/h3-5,8-9,11,13,25H,6-7,10,12,24H2,1-2H3. The molecule has 1 aliphatic carbocycles. The molecule has 0 atom stereocenters. The molecule has 0 bridgehead atoms. The molecule has 0 amide bonds. The lowest BCUT2D eigenvalue weighted by molar-refractivity contribution is 0.315. The Hall–Kier alpha value is -2.66. The van der Waals surface area contributed by atoms with Crippen LogP contribution in [0, 0.1) is 10.8 Å². The van der Waals surface area contributed by atoms with Crippen LogP contribution in [0.25, 0.3) is 11.0 Å². The number of fused-ring (bicyclic) bond motifs is 1. The Kier molecular flexibility index (Phi) is 4.71. The first-order valence-electron chi connectivity index (χ1n) is 9.45. The van der Waals surface area contributed by atoms with Crippen molar-refractivity contribution in [3.05, 3.63) is 70.1 Å². The first-order valence-corrected chi connectivity index (χ1v) is 9.83. The van der Waals surface area contributed by atoms with E-state index >= 15 is 0 Å². The average molecular weight is 394 g/mol. The number of nitrogens with zero attached hydrogens (tertiary/aromatic N) is 3. The maximum Gasteiger partial charge on any atom is 0.181 e. The molecule has 2 aromatic heterocycles. The van der Waals surface area contributed by atoms with Crippen LogP contribution in [0.1, 0.15) is 44.2 Å². The molecule has 5 nitrogen and oxygen atoms in total. The van der Waals surface area contributed by atoms with Gasteiger partial charge in [-0.25, -0.2) is 4.98 Å². The zero-order valence-electron chi connectivity index (χ0n) is 16.2. The summed E-state index contributed by atoms with van der Waals surface area (Å²) >= 11 is 6.07. The highest BCUT2D eigenvalue weighted by Crippen LogP contribution is 2.37. The van der Waals surface area contributed by atoms with E-state index in [2.05, 4.69) is 23.9 Å². The van der Waals surface area contributed by atoms with Gasteiger partial charge in [-0.2, -0.15) is 5.10 Å². The molecule has 2 heterocycles. The number of benzene rings is 1. The van der Waals surface area contributed by atoms with Crippen LogP contribution < -0.4 is 5.73 Å². The fraction of sp³-hybridized carbons (Fsp3) is 0.318. The summed E-state index contributed by atoms with van der Waals surface area (Å²) in [4.78, 5) is 4.47. The summed E-state index contributed by atoms with van der Waals surface area (Å²) in [6, 6.07) is 9.72. The molecule has 1 aromatic carbocycles. The number of hydrogen-bond donors (Lipinski definition) is 2. The Labute approximate surface area is 169 Å². The van der Waals surface area contributed by atoms with Crippen LogP contribution in [-0.2, 0) is 6.54 Å². The Morgan fingerprint density at radius 2 is 2.14 bits per heavy atom. The number of rotatable bonds is 4. The largest absolute Gasteiger partial charge is 0.402 e. The van der Waals surface area contributed by atoms with E-state index in [-0.39, 0.29) is 5.41 Å². The second kappa shape index (κ2) is 7.06. The smallest absolute Gasteiger partial charge is 0.181 e. The van der Waals surface area contributed by atoms with Crippen LogP contribution in [0.3, 0.4) is 0 Å². The Morgan fingerprint density at radius 1 is 1.32 bits per heavy atom. The average Bonchev–Trinajstić information content (AvgIpc) is 3.01. The first-order chi connectivity index (χ1) is 13.3. The number of pyridine rings is 1. The van der Waals surface area contributed by atoms with Crippen LogP contribution >= 0.6 is 11.6 Å². The molecular weight excluding hydrogens is 370 g/mol. The Morgan fingerprint density at radius 3 is 2.89 bits per heavy atom. The molecule has 0 saturated carbocycles. The second-order valence-corrected chi connectivity index (χ2v) is 8.75. The van der Waals surface area contributed by atoms with Crippen molar-refractivity contribution in [1.82, 2.24) is 14.8 Å². The fourth-order valence-corrected chi connectivity index (χ4v) is 4.01. The van der Waals surface area contributed by atoms with E-state index in [0.717, 1.165) is 47.0 Å². The van der Waals surface area contributed by atoms with Crippen molar-refractivity contribution in [1.29, 1.82) is 5.41 Å². The van der Waals surface area contributed by atoms with Gasteiger partial charge in [-0.05, 0) is 54.0 Å². The summed E-state index contributed by atoms with van der Waals surface area (Å²) in [5.74, 6) is 0. The minimum absolute atomic E-state index is 0.206. The fourth-order valence-electron chi connectivity index (χ4n) is 3.80. The quantitative estimate of drug-likeness (QED) is 0.617. The third kappa shape index (κ3) is 3.80. The van der Waals surface area contributed by atoms with Gasteiger partial charge in [0, 0.05) is 34.1 Å². The molecule has 0 aliphatic heterocycles. The molecule has 1 aliphatic rings. The van der Waals surface area contributed by atoms with Gasteiger partial charge in [0.15, 0.2) is 5.65 Å². The molecule has 0 radical (unpaired) electrons. The van der Waals surface area contributed by atoms with Gasteiger partial charge in [-0.1, -0.05) is 37.6 Å². The van der Waals surface area contributed by atoms with Crippen LogP contribution in [0.5, 0.6) is 0 Å². The maximum atomic E-state index is 8.65. The summed E-state index contributed by atoms with van der Waals surface area (Å²) in [7, 11) is 0. The normalized spacial score (nSPS) is 16.5. The van der Waals surface area contributed by atoms with Crippen LogP contribution in [0.15, 0.2) is 54.0 Å². The lowest BCUT2D eigenvalue weighted by Crippen LogP contribution is -2.25. The SMILES string of the molecule is CC1(C)CCC(C(=N)c2cnc3nn(Cc4cccc(Cl)c4)cc3c2)=C(N)C1. The predicted molar refractivity (Wildman–Crippen MR) is 114 cm³/mol. The number of aromatic nitrogens is 3. The highest BCUT2D eigenvalue weighted by Gasteiger charge is 2.27. The van der Waals surface area contributed by atoms with Crippen LogP contribution in [0.4, 0.5) is 0 Å². The molecule has 4 rings (SSSR count). The van der Waals surface area contributed by atoms with E-state index in [1.165, 1.54) is 0 Å². The second-order valence-electron chi connectivity index (χ2n) is 8.31. The van der Waals surface area contributed by atoms with Gasteiger partial charge in [-0.15, -0.1) is 0 Å². The first kappa shape index (κ1) is 18.7. The van der Waals surface area contributed by atoms with Gasteiger partial charge in [0.25, 0.3) is 0 Å². The third-order valence-electron chi connectivity index (χ3n) is 5.34. The minimum atomic E-state index is 0.206. The van der Waals surface area contributed by atoms with Crippen molar-refractivity contribution < 1.29 is 0 Å². The molecule has 0 saturated heterocycles. The zero-order chi connectivity index (χ0) is 19.9. The number of allylic oxidation sites excluding steroid dienone is 2. The highest BCUT2D eigenvalue weighted by molar-refractivity contribution is 6.30. The summed E-state index contributed by atoms with van der Waals surface area (Å²) in [5.41, 5.74) is 11.3. The summed E-state index contributed by atoms with van der Waals surface area (Å²) in [6.07, 6.45) is 6.39. The summed E-state index contributed by atoms with van der Waals surface area (Å²) in [6.45, 7) is 5.07. The summed E-state index contributed by atoms with van der Waals surface area (Å²) < 4.78 is 1.85. The number of nitrogens with one attached hydrogen (secondary N) is 1. The molecule has 0 fully saturated rings. The molecule has 6 heteroatoms. The molecule has 3 aromatic rings. The van der Waals surface area contributed by atoms with Crippen molar-refractivity contribution in [2.75, 3.05) is 0 Å². The lowest BCUT2D eigenvalue weighted by Gasteiger charge is -2.31. The molecule has 0 spiro atoms. The van der Waals surface area contributed by atoms with Crippen molar-refractivity contribution in [2.24, 2.45) is 11.1 Å². The zero-order valence-corrected chi connectivity index (χ0v) is 16.9. The predicted octanol–water partition coefficient (Wildman–Crippen LogP) is 4.92. The van der Waals surface area contributed by atoms with E-state index in [0.29, 0.717) is 22.9 Å². The van der Waals surface area contributed by atoms with Crippen molar-refractivity contribution in [3.8, 4) is 0 Å². The van der Waals surface area contributed by atoms with Crippen LogP contribution in [-0.4, -0.2) is 20.5 Å². The minimum Gasteiger partial charge on any atom is -0.402 e. The molecule has 28 heavy (non-hydrogen) atoms. The van der Waals surface area contributed by atoms with E-state index in [9.17, 15) is 0 Å². The van der Waals surface area contributed by atoms with E-state index in [4.69, 9.17) is 22.7 Å². The highest BCUT2D eigenvalue weighted by atomic mass is 35.5.